The van der Waals surface area contributed by atoms with Gasteiger partial charge in [0.1, 0.15) is 11.6 Å². The molecule has 0 atom stereocenters. The van der Waals surface area contributed by atoms with E-state index in [9.17, 15) is 9.90 Å². The molecule has 5 heteroatoms. The molecule has 1 aromatic heterocycles. The van der Waals surface area contributed by atoms with Gasteiger partial charge in [-0.05, 0) is 64.8 Å². The lowest BCUT2D eigenvalue weighted by atomic mass is 9.79. The van der Waals surface area contributed by atoms with Crippen LogP contribution < -0.4 is 0 Å². The van der Waals surface area contributed by atoms with E-state index in [1.54, 1.807) is 13.0 Å². The van der Waals surface area contributed by atoms with E-state index >= 15 is 0 Å². The predicted molar refractivity (Wildman–Crippen MR) is 192 cm³/mol. The van der Waals surface area contributed by atoms with Crippen LogP contribution >= 0.6 is 0 Å². The van der Waals surface area contributed by atoms with Gasteiger partial charge in [0.05, 0.1) is 34.5 Å². The van der Waals surface area contributed by atoms with Crippen molar-refractivity contribution in [3.05, 3.63) is 126 Å². The second-order valence-corrected chi connectivity index (χ2v) is 14.0. The van der Waals surface area contributed by atoms with Crippen molar-refractivity contribution in [1.82, 2.24) is 9.55 Å². The lowest BCUT2D eigenvalue weighted by Gasteiger charge is -2.27. The van der Waals surface area contributed by atoms with Crippen LogP contribution in [-0.4, -0.2) is 27.2 Å². The summed E-state index contributed by atoms with van der Waals surface area (Å²) in [5.74, 6) is 0.514. The number of esters is 1. The molecule has 5 aromatic carbocycles. The smallest absolute Gasteiger partial charge is 0.338 e. The molecule has 0 saturated heterocycles. The zero-order chi connectivity index (χ0) is 33.5. The highest BCUT2D eigenvalue weighted by molar-refractivity contribution is 5.98. The molecule has 0 amide bonds. The largest absolute Gasteiger partial charge is 0.507 e. The molecule has 0 spiro atoms. The number of phenols is 1. The highest BCUT2D eigenvalue weighted by atomic mass is 16.5. The van der Waals surface area contributed by atoms with Crippen LogP contribution in [0.1, 0.15) is 70.0 Å². The molecule has 0 bridgehead atoms. The van der Waals surface area contributed by atoms with Crippen LogP contribution in [0.5, 0.6) is 5.75 Å². The normalized spacial score (nSPS) is 12.0. The van der Waals surface area contributed by atoms with Crippen LogP contribution in [0.4, 0.5) is 0 Å². The summed E-state index contributed by atoms with van der Waals surface area (Å²) < 4.78 is 7.48. The van der Waals surface area contributed by atoms with E-state index < -0.39 is 0 Å². The third kappa shape index (κ3) is 6.06. The summed E-state index contributed by atoms with van der Waals surface area (Å²) in [6.07, 6.45) is 0. The third-order valence-electron chi connectivity index (χ3n) is 8.62. The molecule has 0 aliphatic rings. The second-order valence-electron chi connectivity index (χ2n) is 14.0. The summed E-state index contributed by atoms with van der Waals surface area (Å²) in [6, 6.07) is 36.5. The number of ether oxygens (including phenoxy) is 1. The van der Waals surface area contributed by atoms with Gasteiger partial charge in [-0.3, -0.25) is 4.57 Å². The number of carbonyl (C=O) groups is 1. The Morgan fingerprint density at radius 1 is 0.723 bits per heavy atom. The first-order chi connectivity index (χ1) is 22.4. The molecule has 47 heavy (non-hydrogen) atoms. The van der Waals surface area contributed by atoms with Gasteiger partial charge in [0.2, 0.25) is 0 Å². The van der Waals surface area contributed by atoms with E-state index in [0.29, 0.717) is 23.6 Å². The number of rotatable bonds is 6. The molecule has 0 fully saturated rings. The average molecular weight is 623 g/mol. The van der Waals surface area contributed by atoms with Crippen LogP contribution in [-0.2, 0) is 15.6 Å². The fourth-order valence-electron chi connectivity index (χ4n) is 6.12. The van der Waals surface area contributed by atoms with Gasteiger partial charge in [-0.15, -0.1) is 0 Å². The van der Waals surface area contributed by atoms with Crippen molar-refractivity contribution in [2.75, 3.05) is 6.61 Å². The highest BCUT2D eigenvalue weighted by Crippen LogP contribution is 2.45. The van der Waals surface area contributed by atoms with E-state index in [-0.39, 0.29) is 22.5 Å². The van der Waals surface area contributed by atoms with E-state index in [4.69, 9.17) is 9.72 Å². The maximum absolute atomic E-state index is 12.7. The first-order valence-electron chi connectivity index (χ1n) is 16.2. The summed E-state index contributed by atoms with van der Waals surface area (Å²) in [5.41, 5.74) is 9.15. The number of benzene rings is 5. The van der Waals surface area contributed by atoms with Gasteiger partial charge in [0.15, 0.2) is 0 Å². The zero-order valence-electron chi connectivity index (χ0n) is 28.3. The fourth-order valence-corrected chi connectivity index (χ4v) is 6.12. The van der Waals surface area contributed by atoms with Gasteiger partial charge in [0, 0.05) is 16.7 Å². The maximum atomic E-state index is 12.7. The first-order valence-corrected chi connectivity index (χ1v) is 16.2. The Hall–Kier alpha value is -5.16. The van der Waals surface area contributed by atoms with Gasteiger partial charge in [-0.25, -0.2) is 9.78 Å². The average Bonchev–Trinajstić information content (AvgIpc) is 3.44. The number of nitrogens with zero attached hydrogens (tertiary/aromatic N) is 2. The van der Waals surface area contributed by atoms with E-state index in [1.165, 1.54) is 0 Å². The molecular weight excluding hydrogens is 580 g/mol. The molecule has 0 unspecified atom stereocenters. The van der Waals surface area contributed by atoms with Crippen LogP contribution in [0, 0.1) is 0 Å². The Labute approximate surface area is 277 Å². The van der Waals surface area contributed by atoms with Gasteiger partial charge >= 0.3 is 5.97 Å². The Morgan fingerprint density at radius 2 is 1.38 bits per heavy atom. The molecule has 1 heterocycles. The molecule has 6 rings (SSSR count). The number of fused-ring (bicyclic) bond motifs is 1. The quantitative estimate of drug-likeness (QED) is 0.188. The Kier molecular flexibility index (Phi) is 8.27. The number of aromatic hydroxyl groups is 1. The summed E-state index contributed by atoms with van der Waals surface area (Å²) in [7, 11) is 0. The van der Waals surface area contributed by atoms with Crippen LogP contribution in [0.25, 0.3) is 50.4 Å². The Balaban J connectivity index is 1.72. The summed E-state index contributed by atoms with van der Waals surface area (Å²) >= 11 is 0. The Morgan fingerprint density at radius 3 is 2.09 bits per heavy atom. The standard InChI is InChI=1S/C42H42N2O3/c1-8-47-40(46)29-19-14-18-28(24-29)32-21-15-23-36-37(32)43-39(33-25-30(41(2,3)4)26-34(38(33)45)42(5,6)7)44(36)35-22-13-12-20-31(35)27-16-10-9-11-17-27/h9-26,45H,8H2,1-7H3. The van der Waals surface area contributed by atoms with E-state index in [0.717, 1.165) is 50.1 Å². The second kappa shape index (κ2) is 12.2. The number of phenolic OH excluding ortho intramolecular Hbond substituents is 1. The summed E-state index contributed by atoms with van der Waals surface area (Å²) in [5, 5.41) is 12.1. The summed E-state index contributed by atoms with van der Waals surface area (Å²) in [6.45, 7) is 15.1. The highest BCUT2D eigenvalue weighted by Gasteiger charge is 2.29. The molecule has 5 nitrogen and oxygen atoms in total. The summed E-state index contributed by atoms with van der Waals surface area (Å²) in [4.78, 5) is 18.1. The van der Waals surface area contributed by atoms with Crippen molar-refractivity contribution in [2.45, 2.75) is 59.3 Å². The van der Waals surface area contributed by atoms with Gasteiger partial charge < -0.3 is 9.84 Å². The molecule has 0 aliphatic carbocycles. The van der Waals surface area contributed by atoms with Gasteiger partial charge in [0.25, 0.3) is 0 Å². The number of imidazole rings is 1. The molecule has 1 N–H and O–H groups in total. The van der Waals surface area contributed by atoms with Crippen LogP contribution in [0.2, 0.25) is 0 Å². The van der Waals surface area contributed by atoms with E-state index in [2.05, 4.69) is 88.6 Å². The number of hydrogen-bond acceptors (Lipinski definition) is 4. The number of para-hydroxylation sites is 2. The monoisotopic (exact) mass is 622 g/mol. The van der Waals surface area contributed by atoms with Gasteiger partial charge in [-0.1, -0.05) is 120 Å². The van der Waals surface area contributed by atoms with Crippen molar-refractivity contribution in [2.24, 2.45) is 0 Å². The van der Waals surface area contributed by atoms with Crippen molar-refractivity contribution in [3.8, 4) is 45.1 Å². The number of aromatic nitrogens is 2. The lowest BCUT2D eigenvalue weighted by molar-refractivity contribution is 0.0526. The van der Waals surface area contributed by atoms with Crippen molar-refractivity contribution < 1.29 is 14.6 Å². The lowest BCUT2D eigenvalue weighted by Crippen LogP contribution is -2.17. The Bertz CT molecular complexity index is 2090. The number of hydrogen-bond donors (Lipinski definition) is 1. The first kappa shape index (κ1) is 31.8. The molecule has 0 aliphatic heterocycles. The van der Waals surface area contributed by atoms with Crippen molar-refractivity contribution >= 4 is 17.0 Å². The van der Waals surface area contributed by atoms with Crippen LogP contribution in [0.15, 0.2) is 109 Å². The third-order valence-corrected chi connectivity index (χ3v) is 8.62. The van der Waals surface area contributed by atoms with E-state index in [1.807, 2.05) is 60.7 Å². The SMILES string of the molecule is CCOC(=O)c1cccc(-c2cccc3c2nc(-c2cc(C(C)(C)C)cc(C(C)(C)C)c2O)n3-c2ccccc2-c2ccccc2)c1. The molecule has 238 valence electrons. The number of carbonyl (C=O) groups excluding carboxylic acids is 1. The van der Waals surface area contributed by atoms with Crippen molar-refractivity contribution in [1.29, 1.82) is 0 Å². The van der Waals surface area contributed by atoms with Crippen LogP contribution in [0.3, 0.4) is 0 Å². The minimum atomic E-state index is -0.358. The molecule has 0 radical (unpaired) electrons. The predicted octanol–water partition coefficient (Wildman–Crippen LogP) is 10.5. The molecule has 6 aromatic rings. The molecular formula is C42H42N2O3. The molecule has 0 saturated carbocycles. The zero-order valence-corrected chi connectivity index (χ0v) is 28.3. The minimum absolute atomic E-state index is 0.167. The minimum Gasteiger partial charge on any atom is -0.507 e. The van der Waals surface area contributed by atoms with Gasteiger partial charge in [-0.2, -0.15) is 0 Å². The van der Waals surface area contributed by atoms with Crippen molar-refractivity contribution in [3.63, 3.8) is 0 Å². The topological polar surface area (TPSA) is 64.3 Å². The maximum Gasteiger partial charge on any atom is 0.338 e. The fraction of sp³-hybridized carbons (Fsp3) is 0.238.